The van der Waals surface area contributed by atoms with E-state index in [0.717, 1.165) is 21.7 Å². The van der Waals surface area contributed by atoms with Crippen LogP contribution < -0.4 is 16.6 Å². The van der Waals surface area contributed by atoms with Gasteiger partial charge in [-0.15, -0.1) is 0 Å². The lowest BCUT2D eigenvalue weighted by Gasteiger charge is -2.17. The van der Waals surface area contributed by atoms with E-state index in [1.165, 1.54) is 0 Å². The van der Waals surface area contributed by atoms with Crippen LogP contribution in [0.3, 0.4) is 0 Å². The van der Waals surface area contributed by atoms with Crippen molar-refractivity contribution in [3.63, 3.8) is 0 Å². The Labute approximate surface area is 192 Å². The molecule has 0 saturated carbocycles. The average molecular weight is 470 g/mol. The number of benzene rings is 1. The van der Waals surface area contributed by atoms with Gasteiger partial charge in [0.05, 0.1) is 11.1 Å². The molecular formula is C22H22N4O8. The minimum absolute atomic E-state index is 0.0307. The first kappa shape index (κ1) is 23.3. The zero-order valence-corrected chi connectivity index (χ0v) is 17.8. The second-order valence-electron chi connectivity index (χ2n) is 7.93. The van der Waals surface area contributed by atoms with Gasteiger partial charge in [-0.3, -0.25) is 33.6 Å². The van der Waals surface area contributed by atoms with Gasteiger partial charge in [0, 0.05) is 30.9 Å². The van der Waals surface area contributed by atoms with Crippen molar-refractivity contribution in [1.82, 2.24) is 19.8 Å². The lowest BCUT2D eigenvalue weighted by molar-refractivity contribution is -0.118. The molecular weight excluding hydrogens is 448 g/mol. The molecule has 2 aromatic rings. The number of rotatable bonds is 7. The molecule has 4 atom stereocenters. The summed E-state index contributed by atoms with van der Waals surface area (Å²) in [6, 6.07) is 7.51. The molecule has 1 saturated heterocycles. The van der Waals surface area contributed by atoms with Crippen molar-refractivity contribution < 1.29 is 29.3 Å². The number of H-pyrrole nitrogens is 1. The van der Waals surface area contributed by atoms with Gasteiger partial charge in [0.15, 0.2) is 6.23 Å². The van der Waals surface area contributed by atoms with Crippen molar-refractivity contribution in [2.24, 2.45) is 0 Å². The second-order valence-corrected chi connectivity index (χ2v) is 7.93. The Morgan fingerprint density at radius 1 is 1.06 bits per heavy atom. The number of carbonyl (C=O) groups excluding carboxylic acids is 3. The molecule has 12 heteroatoms. The van der Waals surface area contributed by atoms with Gasteiger partial charge in [-0.1, -0.05) is 18.7 Å². The SMILES string of the molecule is C=C(CCN1C(=O)c2ccccc2C1=O)C(=O)NC[C@H]1O[C@@H](n2ccc(=O)[nH]c2=O)C(O)C1O. The van der Waals surface area contributed by atoms with Crippen molar-refractivity contribution in [1.29, 1.82) is 0 Å². The third-order valence-corrected chi connectivity index (χ3v) is 5.76. The summed E-state index contributed by atoms with van der Waals surface area (Å²) in [5.74, 6) is -1.46. The second kappa shape index (κ2) is 9.17. The molecule has 1 fully saturated rings. The predicted molar refractivity (Wildman–Crippen MR) is 116 cm³/mol. The third-order valence-electron chi connectivity index (χ3n) is 5.76. The molecule has 2 aliphatic heterocycles. The number of aromatic amines is 1. The van der Waals surface area contributed by atoms with Crippen LogP contribution in [0.4, 0.5) is 0 Å². The van der Waals surface area contributed by atoms with E-state index >= 15 is 0 Å². The third kappa shape index (κ3) is 4.21. The van der Waals surface area contributed by atoms with Crippen LogP contribution in [-0.2, 0) is 9.53 Å². The number of ether oxygens (including phenoxy) is 1. The summed E-state index contributed by atoms with van der Waals surface area (Å²) in [4.78, 5) is 63.5. The van der Waals surface area contributed by atoms with Gasteiger partial charge >= 0.3 is 5.69 Å². The van der Waals surface area contributed by atoms with Gasteiger partial charge in [0.1, 0.15) is 18.3 Å². The number of aromatic nitrogens is 2. The minimum atomic E-state index is -1.48. The Morgan fingerprint density at radius 3 is 2.32 bits per heavy atom. The number of amides is 3. The number of hydrogen-bond acceptors (Lipinski definition) is 8. The molecule has 3 heterocycles. The lowest BCUT2D eigenvalue weighted by Crippen LogP contribution is -2.40. The molecule has 0 bridgehead atoms. The van der Waals surface area contributed by atoms with E-state index in [9.17, 15) is 34.2 Å². The van der Waals surface area contributed by atoms with Crippen LogP contribution in [-0.4, -0.2) is 73.8 Å². The Balaban J connectivity index is 1.31. The fourth-order valence-electron chi connectivity index (χ4n) is 3.88. The van der Waals surface area contributed by atoms with Crippen molar-refractivity contribution in [2.75, 3.05) is 13.1 Å². The molecule has 0 radical (unpaired) electrons. The largest absolute Gasteiger partial charge is 0.387 e. The minimum Gasteiger partial charge on any atom is -0.387 e. The monoisotopic (exact) mass is 470 g/mol. The molecule has 0 spiro atoms. The Morgan fingerprint density at radius 2 is 1.71 bits per heavy atom. The van der Waals surface area contributed by atoms with E-state index < -0.39 is 53.5 Å². The van der Waals surface area contributed by atoms with Crippen LogP contribution >= 0.6 is 0 Å². The normalized spacial score (nSPS) is 23.8. The zero-order chi connectivity index (χ0) is 24.6. The number of aliphatic hydroxyl groups excluding tert-OH is 2. The Bertz CT molecular complexity index is 1250. The summed E-state index contributed by atoms with van der Waals surface area (Å²) < 4.78 is 6.46. The quantitative estimate of drug-likeness (QED) is 0.280. The van der Waals surface area contributed by atoms with Crippen LogP contribution in [0.15, 0.2) is 58.3 Å². The number of hydrogen-bond donors (Lipinski definition) is 4. The molecule has 12 nitrogen and oxygen atoms in total. The van der Waals surface area contributed by atoms with E-state index in [1.54, 1.807) is 24.3 Å². The van der Waals surface area contributed by atoms with Gasteiger partial charge in [-0.2, -0.15) is 0 Å². The smallest absolute Gasteiger partial charge is 0.330 e. The van der Waals surface area contributed by atoms with Gasteiger partial charge in [-0.25, -0.2) is 4.79 Å². The van der Waals surface area contributed by atoms with Crippen LogP contribution in [0.25, 0.3) is 0 Å². The zero-order valence-electron chi connectivity index (χ0n) is 17.8. The summed E-state index contributed by atoms with van der Waals surface area (Å²) in [7, 11) is 0. The summed E-state index contributed by atoms with van der Waals surface area (Å²) in [5, 5.41) is 23.0. The maximum Gasteiger partial charge on any atom is 0.330 e. The first-order valence-corrected chi connectivity index (χ1v) is 10.4. The maximum atomic E-state index is 12.4. The highest BCUT2D eigenvalue weighted by atomic mass is 16.6. The molecule has 1 aromatic carbocycles. The van der Waals surface area contributed by atoms with Gasteiger partial charge < -0.3 is 20.3 Å². The Hall–Kier alpha value is -3.87. The fourth-order valence-corrected chi connectivity index (χ4v) is 3.88. The van der Waals surface area contributed by atoms with Crippen molar-refractivity contribution in [3.8, 4) is 0 Å². The topological polar surface area (TPSA) is 171 Å². The van der Waals surface area contributed by atoms with Crippen molar-refractivity contribution >= 4 is 17.7 Å². The van der Waals surface area contributed by atoms with Crippen LogP contribution in [0.1, 0.15) is 33.4 Å². The number of imide groups is 1. The number of carbonyl (C=O) groups is 3. The molecule has 4 rings (SSSR count). The van der Waals surface area contributed by atoms with Crippen LogP contribution in [0, 0.1) is 0 Å². The van der Waals surface area contributed by atoms with Crippen molar-refractivity contribution in [3.05, 3.63) is 80.6 Å². The maximum absolute atomic E-state index is 12.4. The van der Waals surface area contributed by atoms with Gasteiger partial charge in [0.2, 0.25) is 5.91 Å². The first-order valence-electron chi connectivity index (χ1n) is 10.4. The highest BCUT2D eigenvalue weighted by Gasteiger charge is 2.44. The lowest BCUT2D eigenvalue weighted by atomic mass is 10.1. The van der Waals surface area contributed by atoms with Crippen LogP contribution in [0.5, 0.6) is 0 Å². The van der Waals surface area contributed by atoms with E-state index in [1.807, 2.05) is 4.98 Å². The standard InChI is InChI=1S/C22H22N4O8/c1-11(6-8-25-19(31)12-4-2-3-5-13(12)20(25)32)18(30)23-10-14-16(28)17(29)21(34-14)26-9-7-15(27)24-22(26)33/h2-5,7,9,14,16-17,21,28-29H,1,6,8,10H2,(H,23,30)(H,24,27,33)/t14-,16?,17?,21-/m1/s1. The van der Waals surface area contributed by atoms with E-state index in [0.29, 0.717) is 11.1 Å². The fraction of sp³-hybridized carbons (Fsp3) is 0.318. The van der Waals surface area contributed by atoms with Crippen LogP contribution in [0.2, 0.25) is 0 Å². The number of fused-ring (bicyclic) bond motifs is 1. The molecule has 34 heavy (non-hydrogen) atoms. The van der Waals surface area contributed by atoms with E-state index in [4.69, 9.17) is 4.74 Å². The average Bonchev–Trinajstić information content (AvgIpc) is 3.23. The van der Waals surface area contributed by atoms with E-state index in [2.05, 4.69) is 11.9 Å². The highest BCUT2D eigenvalue weighted by Crippen LogP contribution is 2.28. The summed E-state index contributed by atoms with van der Waals surface area (Å²) in [5.41, 5.74) is -0.736. The molecule has 2 aliphatic rings. The number of nitrogens with zero attached hydrogens (tertiary/aromatic N) is 2. The molecule has 0 aliphatic carbocycles. The summed E-state index contributed by atoms with van der Waals surface area (Å²) in [6.45, 7) is 3.44. The highest BCUT2D eigenvalue weighted by molar-refractivity contribution is 6.21. The first-order chi connectivity index (χ1) is 16.2. The van der Waals surface area contributed by atoms with Gasteiger partial charge in [0.25, 0.3) is 17.4 Å². The molecule has 4 N–H and O–H groups in total. The van der Waals surface area contributed by atoms with E-state index in [-0.39, 0.29) is 25.1 Å². The molecule has 2 unspecified atom stereocenters. The predicted octanol–water partition coefficient (Wildman–Crippen LogP) is -1.49. The van der Waals surface area contributed by atoms with Gasteiger partial charge in [-0.05, 0) is 18.6 Å². The summed E-state index contributed by atoms with van der Waals surface area (Å²) in [6.07, 6.45) is -4.06. The molecule has 1 aromatic heterocycles. The van der Waals surface area contributed by atoms with Crippen molar-refractivity contribution in [2.45, 2.75) is 31.0 Å². The molecule has 178 valence electrons. The number of nitrogens with one attached hydrogen (secondary N) is 2. The Kier molecular flexibility index (Phi) is 6.28. The number of aliphatic hydroxyl groups is 2. The summed E-state index contributed by atoms with van der Waals surface area (Å²) >= 11 is 0. The molecule has 3 amide bonds.